The first-order chi connectivity index (χ1) is 15.1. The number of carbonyl (C=O) groups is 1. The van der Waals surface area contributed by atoms with Crippen molar-refractivity contribution >= 4 is 11.6 Å². The van der Waals surface area contributed by atoms with E-state index < -0.39 is 0 Å². The molecule has 31 heavy (non-hydrogen) atoms. The van der Waals surface area contributed by atoms with Gasteiger partial charge in [0.25, 0.3) is 5.91 Å². The van der Waals surface area contributed by atoms with E-state index in [2.05, 4.69) is 16.9 Å². The molecule has 0 aromatic heterocycles. The lowest BCUT2D eigenvalue weighted by Gasteiger charge is -2.31. The second-order valence-corrected chi connectivity index (χ2v) is 8.56. The molecule has 2 aromatic carbocycles. The van der Waals surface area contributed by atoms with Gasteiger partial charge < -0.3 is 9.47 Å². The van der Waals surface area contributed by atoms with Crippen molar-refractivity contribution in [1.82, 2.24) is 9.91 Å². The first-order valence-electron chi connectivity index (χ1n) is 10.8. The summed E-state index contributed by atoms with van der Waals surface area (Å²) in [6.45, 7) is 4.59. The van der Waals surface area contributed by atoms with Gasteiger partial charge in [-0.3, -0.25) is 9.69 Å². The number of hydrazone groups is 1. The van der Waals surface area contributed by atoms with Gasteiger partial charge in [-0.25, -0.2) is 9.40 Å². The van der Waals surface area contributed by atoms with Gasteiger partial charge in [0, 0.05) is 12.0 Å². The summed E-state index contributed by atoms with van der Waals surface area (Å²) in [6, 6.07) is 12.0. The number of rotatable bonds is 4. The quantitative estimate of drug-likeness (QED) is 0.747. The Bertz CT molecular complexity index is 1020. The van der Waals surface area contributed by atoms with Crippen LogP contribution in [-0.2, 0) is 4.79 Å². The van der Waals surface area contributed by atoms with Gasteiger partial charge in [-0.15, -0.1) is 0 Å². The Morgan fingerprint density at radius 2 is 1.90 bits per heavy atom. The second-order valence-electron chi connectivity index (χ2n) is 8.56. The van der Waals surface area contributed by atoms with E-state index in [1.54, 1.807) is 18.2 Å². The summed E-state index contributed by atoms with van der Waals surface area (Å²) in [5.41, 5.74) is 1.93. The molecule has 0 radical (unpaired) electrons. The fourth-order valence-electron chi connectivity index (χ4n) is 4.46. The third kappa shape index (κ3) is 4.02. The molecule has 6 nitrogen and oxygen atoms in total. The molecule has 1 atom stereocenters. The van der Waals surface area contributed by atoms with Crippen molar-refractivity contribution in [2.45, 2.75) is 32.2 Å². The lowest BCUT2D eigenvalue weighted by molar-refractivity contribution is -0.134. The maximum Gasteiger partial charge on any atom is 0.257 e. The minimum atomic E-state index is -0.329. The Kier molecular flexibility index (Phi) is 5.36. The number of amides is 1. The van der Waals surface area contributed by atoms with Crippen molar-refractivity contribution in [3.05, 3.63) is 59.4 Å². The molecule has 0 unspecified atom stereocenters. The molecule has 3 aliphatic heterocycles. The second kappa shape index (κ2) is 8.30. The van der Waals surface area contributed by atoms with Crippen molar-refractivity contribution in [3.8, 4) is 11.5 Å². The number of halogens is 1. The molecule has 0 bridgehead atoms. The number of hydrogen-bond donors (Lipinski definition) is 0. The maximum atomic E-state index is 14.5. The molecule has 162 valence electrons. The van der Waals surface area contributed by atoms with Gasteiger partial charge in [0.15, 0.2) is 11.5 Å². The average molecular weight is 423 g/mol. The molecule has 1 amide bonds. The van der Waals surface area contributed by atoms with Crippen LogP contribution in [0.4, 0.5) is 4.39 Å². The van der Waals surface area contributed by atoms with Gasteiger partial charge in [-0.1, -0.05) is 31.2 Å². The first-order valence-corrected chi connectivity index (χ1v) is 10.8. The largest absolute Gasteiger partial charge is 0.454 e. The zero-order valence-electron chi connectivity index (χ0n) is 17.6. The van der Waals surface area contributed by atoms with E-state index in [9.17, 15) is 9.18 Å². The fourth-order valence-corrected chi connectivity index (χ4v) is 4.46. The van der Waals surface area contributed by atoms with Crippen LogP contribution in [0.2, 0.25) is 0 Å². The van der Waals surface area contributed by atoms with Gasteiger partial charge in [0.05, 0.1) is 18.3 Å². The van der Waals surface area contributed by atoms with E-state index in [1.165, 1.54) is 11.1 Å². The minimum Gasteiger partial charge on any atom is -0.454 e. The highest BCUT2D eigenvalue weighted by molar-refractivity contribution is 6.03. The molecule has 1 fully saturated rings. The molecule has 0 spiro atoms. The van der Waals surface area contributed by atoms with Gasteiger partial charge in [-0.05, 0) is 55.6 Å². The average Bonchev–Trinajstić information content (AvgIpc) is 3.42. The highest BCUT2D eigenvalue weighted by atomic mass is 19.1. The van der Waals surface area contributed by atoms with E-state index in [1.807, 2.05) is 18.2 Å². The summed E-state index contributed by atoms with van der Waals surface area (Å²) >= 11 is 0. The molecular weight excluding hydrogens is 397 g/mol. The third-order valence-electron chi connectivity index (χ3n) is 6.37. The molecule has 5 rings (SSSR count). The summed E-state index contributed by atoms with van der Waals surface area (Å²) < 4.78 is 25.4. The molecule has 0 saturated carbocycles. The number of ether oxygens (including phenoxy) is 2. The summed E-state index contributed by atoms with van der Waals surface area (Å²) in [5, 5.41) is 6.15. The smallest absolute Gasteiger partial charge is 0.257 e. The highest BCUT2D eigenvalue weighted by Gasteiger charge is 2.35. The number of piperidine rings is 1. The van der Waals surface area contributed by atoms with Crippen LogP contribution in [0.5, 0.6) is 11.5 Å². The SMILES string of the molecule is CC1CCN(CC(=O)N2N=C(c3ccccc3F)C[C@H]2c2ccc3c(c2)OCO3)CC1. The lowest BCUT2D eigenvalue weighted by Crippen LogP contribution is -2.41. The molecule has 3 aliphatic rings. The highest BCUT2D eigenvalue weighted by Crippen LogP contribution is 2.39. The van der Waals surface area contributed by atoms with Crippen molar-refractivity contribution in [1.29, 1.82) is 0 Å². The topological polar surface area (TPSA) is 54.4 Å². The van der Waals surface area contributed by atoms with Crippen LogP contribution in [0.1, 0.15) is 43.4 Å². The molecule has 1 saturated heterocycles. The van der Waals surface area contributed by atoms with Gasteiger partial charge >= 0.3 is 0 Å². The van der Waals surface area contributed by atoms with Gasteiger partial charge in [0.1, 0.15) is 5.82 Å². The van der Waals surface area contributed by atoms with Crippen molar-refractivity contribution in [2.24, 2.45) is 11.0 Å². The summed E-state index contributed by atoms with van der Waals surface area (Å²) in [7, 11) is 0. The van der Waals surface area contributed by atoms with E-state index in [-0.39, 0.29) is 24.6 Å². The Morgan fingerprint density at radius 3 is 2.71 bits per heavy atom. The van der Waals surface area contributed by atoms with E-state index in [0.717, 1.165) is 31.5 Å². The number of carbonyl (C=O) groups excluding carboxylic acids is 1. The standard InChI is InChI=1S/C24H26FN3O3/c1-16-8-10-27(11-9-16)14-24(29)28-21(17-6-7-22-23(12-17)31-15-30-22)13-20(26-28)18-4-2-3-5-19(18)25/h2-7,12,16,21H,8-11,13-15H2,1H3/t21-/m0/s1. The predicted octanol–water partition coefficient (Wildman–Crippen LogP) is 3.96. The summed E-state index contributed by atoms with van der Waals surface area (Å²) in [5.74, 6) is 1.66. The Balaban J connectivity index is 1.43. The lowest BCUT2D eigenvalue weighted by atomic mass is 9.97. The number of fused-ring (bicyclic) bond motifs is 1. The molecule has 7 heteroatoms. The Morgan fingerprint density at radius 1 is 1.13 bits per heavy atom. The van der Waals surface area contributed by atoms with Crippen molar-refractivity contribution in [3.63, 3.8) is 0 Å². The van der Waals surface area contributed by atoms with Crippen LogP contribution in [0.3, 0.4) is 0 Å². The van der Waals surface area contributed by atoms with Gasteiger partial charge in [-0.2, -0.15) is 5.10 Å². The van der Waals surface area contributed by atoms with E-state index in [4.69, 9.17) is 9.47 Å². The number of benzene rings is 2. The number of likely N-dealkylation sites (tertiary alicyclic amines) is 1. The molecule has 0 aliphatic carbocycles. The monoisotopic (exact) mass is 423 g/mol. The van der Waals surface area contributed by atoms with E-state index in [0.29, 0.717) is 41.7 Å². The molecule has 2 aromatic rings. The van der Waals surface area contributed by atoms with Crippen molar-refractivity contribution in [2.75, 3.05) is 26.4 Å². The minimum absolute atomic E-state index is 0.0661. The van der Waals surface area contributed by atoms with Crippen molar-refractivity contribution < 1.29 is 18.7 Å². The van der Waals surface area contributed by atoms with Crippen LogP contribution in [-0.4, -0.2) is 48.0 Å². The Hall–Kier alpha value is -2.93. The molecular formula is C24H26FN3O3. The summed E-state index contributed by atoms with van der Waals surface area (Å²) in [6.07, 6.45) is 2.65. The predicted molar refractivity (Wildman–Crippen MR) is 115 cm³/mol. The zero-order chi connectivity index (χ0) is 21.4. The van der Waals surface area contributed by atoms with Crippen LogP contribution in [0, 0.1) is 11.7 Å². The number of hydrogen-bond acceptors (Lipinski definition) is 5. The zero-order valence-corrected chi connectivity index (χ0v) is 17.6. The van der Waals surface area contributed by atoms with Crippen LogP contribution >= 0.6 is 0 Å². The van der Waals surface area contributed by atoms with Crippen LogP contribution in [0.25, 0.3) is 0 Å². The first kappa shape index (κ1) is 20.0. The third-order valence-corrected chi connectivity index (χ3v) is 6.37. The maximum absolute atomic E-state index is 14.5. The Labute approximate surface area is 181 Å². The fraction of sp³-hybridized carbons (Fsp3) is 0.417. The number of nitrogens with zero attached hydrogens (tertiary/aromatic N) is 3. The normalized spacial score (nSPS) is 21.4. The molecule has 0 N–H and O–H groups in total. The van der Waals surface area contributed by atoms with Crippen LogP contribution < -0.4 is 9.47 Å². The molecule has 3 heterocycles. The van der Waals surface area contributed by atoms with Gasteiger partial charge in [0.2, 0.25) is 6.79 Å². The van der Waals surface area contributed by atoms with Crippen LogP contribution in [0.15, 0.2) is 47.6 Å². The van der Waals surface area contributed by atoms with E-state index >= 15 is 0 Å². The summed E-state index contributed by atoms with van der Waals surface area (Å²) in [4.78, 5) is 15.5.